The van der Waals surface area contributed by atoms with Crippen LogP contribution in [0.3, 0.4) is 0 Å². The Morgan fingerprint density at radius 3 is 1.10 bits per heavy atom. The monoisotopic (exact) mass is 874 g/mol. The molecule has 0 amide bonds. The van der Waals surface area contributed by atoms with Crippen molar-refractivity contribution in [3.63, 3.8) is 0 Å². The quantitative estimate of drug-likeness (QED) is 0.0260. The number of phosphoric acid groups is 1. The first-order chi connectivity index (χ1) is 29.1. The van der Waals surface area contributed by atoms with Gasteiger partial charge in [-0.1, -0.05) is 245 Å². The van der Waals surface area contributed by atoms with Crippen LogP contribution in [0, 0.1) is 0 Å². The van der Waals surface area contributed by atoms with Crippen molar-refractivity contribution in [1.29, 1.82) is 0 Å². The number of carbonyl (C=O) groups is 1. The lowest BCUT2D eigenvalue weighted by Crippen LogP contribution is -2.37. The van der Waals surface area contributed by atoms with E-state index in [-0.39, 0.29) is 25.8 Å². The van der Waals surface area contributed by atoms with Crippen molar-refractivity contribution in [1.82, 2.24) is 0 Å². The molecule has 0 aromatic carbocycles. The molecule has 0 fully saturated rings. The molecule has 0 N–H and O–H groups in total. The predicted molar refractivity (Wildman–Crippen MR) is 255 cm³/mol. The highest BCUT2D eigenvalue weighted by molar-refractivity contribution is 7.45. The molecule has 0 radical (unpaired) electrons. The number of hydrogen-bond acceptors (Lipinski definition) is 7. The highest BCUT2D eigenvalue weighted by atomic mass is 31.2. The third-order valence-electron chi connectivity index (χ3n) is 11.9. The van der Waals surface area contributed by atoms with Gasteiger partial charge in [0, 0.05) is 13.0 Å². The minimum atomic E-state index is -4.52. The van der Waals surface area contributed by atoms with Crippen LogP contribution in [0.2, 0.25) is 0 Å². The van der Waals surface area contributed by atoms with E-state index in [0.717, 1.165) is 32.1 Å². The second-order valence-electron chi connectivity index (χ2n) is 19.3. The molecule has 2 unspecified atom stereocenters. The highest BCUT2D eigenvalue weighted by Crippen LogP contribution is 2.38. The Bertz CT molecular complexity index is 930. The number of phosphoric ester groups is 1. The molecule has 9 heteroatoms. The van der Waals surface area contributed by atoms with Gasteiger partial charge in [0.05, 0.1) is 34.4 Å². The number of ether oxygens (including phenoxy) is 2. The van der Waals surface area contributed by atoms with Gasteiger partial charge in [0.1, 0.15) is 19.3 Å². The number of unbranched alkanes of at least 4 members (excludes halogenated alkanes) is 36. The second-order valence-corrected chi connectivity index (χ2v) is 20.7. The first-order valence-electron chi connectivity index (χ1n) is 26.3. The first kappa shape index (κ1) is 59.5. The fourth-order valence-electron chi connectivity index (χ4n) is 7.84. The summed E-state index contributed by atoms with van der Waals surface area (Å²) in [5.41, 5.74) is 0. The van der Waals surface area contributed by atoms with E-state index in [9.17, 15) is 14.3 Å². The molecule has 2 atom stereocenters. The van der Waals surface area contributed by atoms with Crippen molar-refractivity contribution in [2.45, 2.75) is 270 Å². The zero-order valence-corrected chi connectivity index (χ0v) is 41.8. The molecule has 0 spiro atoms. The molecular weight excluding hydrogens is 770 g/mol. The minimum Gasteiger partial charge on any atom is -0.756 e. The average Bonchev–Trinajstić information content (AvgIpc) is 3.20. The van der Waals surface area contributed by atoms with E-state index in [0.29, 0.717) is 24.1 Å². The number of hydrogen-bond donors (Lipinski definition) is 0. The summed E-state index contributed by atoms with van der Waals surface area (Å²) in [6.07, 6.45) is 49.8. The van der Waals surface area contributed by atoms with Crippen molar-refractivity contribution >= 4 is 13.8 Å². The van der Waals surface area contributed by atoms with Gasteiger partial charge in [-0.25, -0.2) is 0 Å². The maximum absolute atomic E-state index is 12.7. The van der Waals surface area contributed by atoms with E-state index >= 15 is 0 Å². The molecule has 0 aromatic heterocycles. The van der Waals surface area contributed by atoms with Crippen LogP contribution in [-0.2, 0) is 27.9 Å². The lowest BCUT2D eigenvalue weighted by Gasteiger charge is -2.28. The van der Waals surface area contributed by atoms with Gasteiger partial charge in [-0.2, -0.15) is 0 Å². The molecule has 0 aliphatic heterocycles. The topological polar surface area (TPSA) is 94.1 Å². The maximum atomic E-state index is 12.7. The molecule has 0 saturated heterocycles. The Kier molecular flexibility index (Phi) is 44.7. The number of quaternary nitrogens is 1. The normalized spacial score (nSPS) is 13.5. The fourth-order valence-corrected chi connectivity index (χ4v) is 8.57. The van der Waals surface area contributed by atoms with Crippen LogP contribution in [0.1, 0.15) is 264 Å². The smallest absolute Gasteiger partial charge is 0.306 e. The van der Waals surface area contributed by atoms with Crippen molar-refractivity contribution in [3.05, 3.63) is 0 Å². The van der Waals surface area contributed by atoms with E-state index in [1.54, 1.807) is 0 Å². The van der Waals surface area contributed by atoms with Gasteiger partial charge in [0.25, 0.3) is 7.82 Å². The molecule has 60 heavy (non-hydrogen) atoms. The molecular formula is C51H104NO7P. The fraction of sp³-hybridized carbons (Fsp3) is 0.980. The number of esters is 1. The largest absolute Gasteiger partial charge is 0.756 e. The Labute approximate surface area is 374 Å². The van der Waals surface area contributed by atoms with Crippen LogP contribution in [-0.4, -0.2) is 70.7 Å². The van der Waals surface area contributed by atoms with Gasteiger partial charge < -0.3 is 27.9 Å². The second kappa shape index (κ2) is 45.1. The highest BCUT2D eigenvalue weighted by Gasteiger charge is 2.20. The summed E-state index contributed by atoms with van der Waals surface area (Å²) < 4.78 is 34.8. The predicted octanol–water partition coefficient (Wildman–Crippen LogP) is 15.4. The van der Waals surface area contributed by atoms with Gasteiger partial charge in [-0.15, -0.1) is 0 Å². The standard InChI is InChI=1S/C51H104NO7P/c1-6-8-10-12-14-16-18-20-22-24-25-26-27-28-29-31-33-35-37-39-41-43-46-56-48-50(49-58-60(54,55)57-47-45-52(3,4)5)59-51(53)44-42-40-38-36-34-32-30-23-21-19-17-15-13-11-9-7-2/h50H,6-49H2,1-5H3. The third kappa shape index (κ3) is 48.5. The summed E-state index contributed by atoms with van der Waals surface area (Å²) in [5.74, 6) is -0.325. The summed E-state index contributed by atoms with van der Waals surface area (Å²) in [6.45, 7) is 5.49. The van der Waals surface area contributed by atoms with Crippen LogP contribution in [0.25, 0.3) is 0 Å². The maximum Gasteiger partial charge on any atom is 0.306 e. The summed E-state index contributed by atoms with van der Waals surface area (Å²) in [6, 6.07) is 0. The SMILES string of the molecule is CCCCCCCCCCCCCCCCCCCCCCCCOCC(COP(=O)([O-])OCC[N+](C)(C)C)OC(=O)CCCCCCCCCCCCCCCCCC. The van der Waals surface area contributed by atoms with Gasteiger partial charge in [0.2, 0.25) is 0 Å². The van der Waals surface area contributed by atoms with Crippen molar-refractivity contribution in [3.8, 4) is 0 Å². The molecule has 0 bridgehead atoms. The van der Waals surface area contributed by atoms with Crippen LogP contribution < -0.4 is 4.89 Å². The zero-order chi connectivity index (χ0) is 44.1. The average molecular weight is 874 g/mol. The summed E-state index contributed by atoms with van der Waals surface area (Å²) in [4.78, 5) is 25.2. The van der Waals surface area contributed by atoms with Crippen LogP contribution in [0.5, 0.6) is 0 Å². The minimum absolute atomic E-state index is 0.0317. The number of carbonyl (C=O) groups excluding carboxylic acids is 1. The molecule has 360 valence electrons. The van der Waals surface area contributed by atoms with E-state index < -0.39 is 13.9 Å². The molecule has 0 aliphatic rings. The van der Waals surface area contributed by atoms with Crippen LogP contribution in [0.15, 0.2) is 0 Å². The molecule has 0 saturated carbocycles. The summed E-state index contributed by atoms with van der Waals surface area (Å²) >= 11 is 0. The first-order valence-corrected chi connectivity index (χ1v) is 27.7. The van der Waals surface area contributed by atoms with Crippen molar-refractivity contribution in [2.75, 3.05) is 54.1 Å². The Morgan fingerprint density at radius 2 is 0.767 bits per heavy atom. The number of rotatable bonds is 50. The Hall–Kier alpha value is -0.500. The van der Waals surface area contributed by atoms with E-state index in [1.165, 1.54) is 212 Å². The molecule has 8 nitrogen and oxygen atoms in total. The van der Waals surface area contributed by atoms with Crippen molar-refractivity contribution < 1.29 is 37.3 Å². The lowest BCUT2D eigenvalue weighted by molar-refractivity contribution is -0.870. The molecule has 0 rings (SSSR count). The zero-order valence-electron chi connectivity index (χ0n) is 40.9. The van der Waals surface area contributed by atoms with E-state index in [1.807, 2.05) is 21.1 Å². The van der Waals surface area contributed by atoms with Gasteiger partial charge in [-0.3, -0.25) is 9.36 Å². The Morgan fingerprint density at radius 1 is 0.450 bits per heavy atom. The van der Waals surface area contributed by atoms with E-state index in [2.05, 4.69) is 13.8 Å². The third-order valence-corrected chi connectivity index (χ3v) is 12.9. The van der Waals surface area contributed by atoms with Crippen LogP contribution in [0.4, 0.5) is 0 Å². The number of nitrogens with zero attached hydrogens (tertiary/aromatic N) is 1. The summed E-state index contributed by atoms with van der Waals surface area (Å²) in [5, 5.41) is 0. The lowest BCUT2D eigenvalue weighted by atomic mass is 10.0. The van der Waals surface area contributed by atoms with Gasteiger partial charge >= 0.3 is 5.97 Å². The van der Waals surface area contributed by atoms with Crippen LogP contribution >= 0.6 is 7.82 Å². The van der Waals surface area contributed by atoms with E-state index in [4.69, 9.17) is 18.5 Å². The Balaban J connectivity index is 4.05. The summed E-state index contributed by atoms with van der Waals surface area (Å²) in [7, 11) is 1.38. The molecule has 0 aromatic rings. The van der Waals surface area contributed by atoms with Crippen molar-refractivity contribution in [2.24, 2.45) is 0 Å². The van der Waals surface area contributed by atoms with Gasteiger partial charge in [0.15, 0.2) is 0 Å². The molecule has 0 aliphatic carbocycles. The number of likely N-dealkylation sites (N-methyl/N-ethyl adjacent to an activating group) is 1. The molecule has 0 heterocycles. The van der Waals surface area contributed by atoms with Gasteiger partial charge in [-0.05, 0) is 12.8 Å².